The number of benzene rings is 1. The highest BCUT2D eigenvalue weighted by atomic mass is 127. The molecule has 0 atom stereocenters. The Bertz CT molecular complexity index is 706. The van der Waals surface area contributed by atoms with Crippen molar-refractivity contribution < 1.29 is 14.2 Å². The van der Waals surface area contributed by atoms with Crippen LogP contribution in [0.5, 0.6) is 17.4 Å². The lowest BCUT2D eigenvalue weighted by atomic mass is 10.3. The molecule has 0 bridgehead atoms. The molecule has 28 heavy (non-hydrogen) atoms. The zero-order valence-corrected chi connectivity index (χ0v) is 19.1. The molecular weight excluding hydrogens is 471 g/mol. The van der Waals surface area contributed by atoms with Crippen LogP contribution in [0.3, 0.4) is 0 Å². The summed E-state index contributed by atoms with van der Waals surface area (Å²) < 4.78 is 16.3. The lowest BCUT2D eigenvalue weighted by Gasteiger charge is -2.13. The second kappa shape index (κ2) is 13.0. The van der Waals surface area contributed by atoms with Gasteiger partial charge in [0.25, 0.3) is 0 Å². The first-order valence-corrected chi connectivity index (χ1v) is 8.93. The van der Waals surface area contributed by atoms with Crippen LogP contribution in [0.2, 0.25) is 0 Å². The van der Waals surface area contributed by atoms with Crippen LogP contribution in [0.4, 0.5) is 0 Å². The smallest absolute Gasteiger partial charge is 0.213 e. The van der Waals surface area contributed by atoms with Crippen molar-refractivity contribution in [3.63, 3.8) is 0 Å². The van der Waals surface area contributed by atoms with Crippen LogP contribution in [-0.2, 0) is 6.54 Å². The molecule has 0 radical (unpaired) electrons. The average molecular weight is 500 g/mol. The van der Waals surface area contributed by atoms with E-state index in [0.29, 0.717) is 31.5 Å². The van der Waals surface area contributed by atoms with Gasteiger partial charge in [-0.3, -0.25) is 4.99 Å². The lowest BCUT2D eigenvalue weighted by molar-refractivity contribution is 0.232. The van der Waals surface area contributed by atoms with Gasteiger partial charge in [-0.05, 0) is 43.7 Å². The van der Waals surface area contributed by atoms with Crippen molar-refractivity contribution >= 4 is 29.9 Å². The molecule has 0 spiro atoms. The van der Waals surface area contributed by atoms with Crippen molar-refractivity contribution in [2.45, 2.75) is 26.5 Å². The molecule has 1 aromatic carbocycles. The zero-order chi connectivity index (χ0) is 19.5. The molecule has 0 unspecified atom stereocenters. The van der Waals surface area contributed by atoms with E-state index in [1.807, 2.05) is 50.2 Å². The fraction of sp³-hybridized carbons (Fsp3) is 0.400. The van der Waals surface area contributed by atoms with Crippen LogP contribution in [0.25, 0.3) is 0 Å². The van der Waals surface area contributed by atoms with Crippen LogP contribution in [0.15, 0.2) is 47.6 Å². The zero-order valence-electron chi connectivity index (χ0n) is 16.8. The van der Waals surface area contributed by atoms with Crippen LogP contribution >= 0.6 is 24.0 Å². The molecule has 2 rings (SSSR count). The van der Waals surface area contributed by atoms with Gasteiger partial charge in [-0.25, -0.2) is 4.98 Å². The number of guanidine groups is 1. The van der Waals surface area contributed by atoms with Gasteiger partial charge in [0.2, 0.25) is 5.88 Å². The molecule has 8 heteroatoms. The number of hydrogen-bond donors (Lipinski definition) is 2. The standard InChI is InChI=1S/C20H28N4O3.HI/c1-15(2)27-19-10-5-16(13-23-19)14-24-20(21-3)22-11-12-26-18-8-6-17(25-4)7-9-18;/h5-10,13,15H,11-12,14H2,1-4H3,(H2,21,22,24);1H. The molecule has 2 aromatic rings. The van der Waals surface area contributed by atoms with E-state index in [1.165, 1.54) is 0 Å². The third kappa shape index (κ3) is 8.64. The van der Waals surface area contributed by atoms with E-state index in [4.69, 9.17) is 14.2 Å². The first-order chi connectivity index (χ1) is 13.1. The van der Waals surface area contributed by atoms with E-state index in [1.54, 1.807) is 20.4 Å². The Morgan fingerprint density at radius 1 is 1.07 bits per heavy atom. The number of ether oxygens (including phenoxy) is 3. The quantitative estimate of drug-likeness (QED) is 0.238. The van der Waals surface area contributed by atoms with Crippen molar-refractivity contribution in [1.82, 2.24) is 15.6 Å². The highest BCUT2D eigenvalue weighted by molar-refractivity contribution is 14.0. The Balaban J connectivity index is 0.00000392. The topological polar surface area (TPSA) is 77.0 Å². The fourth-order valence-corrected chi connectivity index (χ4v) is 2.24. The van der Waals surface area contributed by atoms with E-state index < -0.39 is 0 Å². The van der Waals surface area contributed by atoms with Crippen LogP contribution in [-0.4, -0.2) is 44.4 Å². The van der Waals surface area contributed by atoms with Crippen molar-refractivity contribution in [1.29, 1.82) is 0 Å². The Morgan fingerprint density at radius 2 is 1.79 bits per heavy atom. The molecule has 0 aliphatic heterocycles. The van der Waals surface area contributed by atoms with Gasteiger partial charge in [-0.2, -0.15) is 0 Å². The molecule has 2 N–H and O–H groups in total. The maximum atomic E-state index is 5.68. The van der Waals surface area contributed by atoms with Gasteiger partial charge in [0.05, 0.1) is 19.8 Å². The van der Waals surface area contributed by atoms with E-state index >= 15 is 0 Å². The van der Waals surface area contributed by atoms with Crippen molar-refractivity contribution in [2.75, 3.05) is 27.3 Å². The number of pyridine rings is 1. The molecule has 154 valence electrons. The van der Waals surface area contributed by atoms with Gasteiger partial charge in [0, 0.05) is 25.9 Å². The summed E-state index contributed by atoms with van der Waals surface area (Å²) in [6.45, 7) is 5.73. The maximum absolute atomic E-state index is 5.68. The largest absolute Gasteiger partial charge is 0.497 e. The highest BCUT2D eigenvalue weighted by Crippen LogP contribution is 2.16. The molecule has 0 saturated carbocycles. The highest BCUT2D eigenvalue weighted by Gasteiger charge is 2.02. The van der Waals surface area contributed by atoms with Crippen molar-refractivity contribution in [3.8, 4) is 17.4 Å². The molecule has 0 saturated heterocycles. The number of rotatable bonds is 9. The molecular formula is C20H29IN4O3. The number of nitrogens with one attached hydrogen (secondary N) is 2. The summed E-state index contributed by atoms with van der Waals surface area (Å²) in [5.74, 6) is 2.95. The maximum Gasteiger partial charge on any atom is 0.213 e. The van der Waals surface area contributed by atoms with Gasteiger partial charge < -0.3 is 24.8 Å². The van der Waals surface area contributed by atoms with E-state index in [0.717, 1.165) is 17.1 Å². The molecule has 0 amide bonds. The number of halogens is 1. The first kappa shape index (κ1) is 23.8. The summed E-state index contributed by atoms with van der Waals surface area (Å²) in [7, 11) is 3.37. The summed E-state index contributed by atoms with van der Waals surface area (Å²) in [6, 6.07) is 11.4. The SMILES string of the molecule is CN=C(NCCOc1ccc(OC)cc1)NCc1ccc(OC(C)C)nc1.I. The minimum atomic E-state index is 0. The number of nitrogens with zero attached hydrogens (tertiary/aromatic N) is 2. The summed E-state index contributed by atoms with van der Waals surface area (Å²) in [5.41, 5.74) is 1.04. The van der Waals surface area contributed by atoms with Gasteiger partial charge in [-0.1, -0.05) is 6.07 Å². The van der Waals surface area contributed by atoms with Crippen LogP contribution < -0.4 is 24.8 Å². The van der Waals surface area contributed by atoms with E-state index in [9.17, 15) is 0 Å². The van der Waals surface area contributed by atoms with Gasteiger partial charge in [0.1, 0.15) is 18.1 Å². The summed E-state index contributed by atoms with van der Waals surface area (Å²) in [5, 5.41) is 6.46. The van der Waals surface area contributed by atoms with E-state index in [2.05, 4.69) is 20.6 Å². The fourth-order valence-electron chi connectivity index (χ4n) is 2.24. The predicted octanol–water partition coefficient (Wildman–Crippen LogP) is 3.24. The molecule has 7 nitrogen and oxygen atoms in total. The van der Waals surface area contributed by atoms with Crippen molar-refractivity contribution in [2.24, 2.45) is 4.99 Å². The van der Waals surface area contributed by atoms with Gasteiger partial charge in [-0.15, -0.1) is 24.0 Å². The monoisotopic (exact) mass is 500 g/mol. The minimum Gasteiger partial charge on any atom is -0.497 e. The normalized spacial score (nSPS) is 10.8. The third-order valence-electron chi connectivity index (χ3n) is 3.56. The molecule has 1 heterocycles. The van der Waals surface area contributed by atoms with Gasteiger partial charge >= 0.3 is 0 Å². The van der Waals surface area contributed by atoms with E-state index in [-0.39, 0.29) is 30.1 Å². The van der Waals surface area contributed by atoms with Gasteiger partial charge in [0.15, 0.2) is 5.96 Å². The lowest BCUT2D eigenvalue weighted by Crippen LogP contribution is -2.38. The van der Waals surface area contributed by atoms with Crippen LogP contribution in [0.1, 0.15) is 19.4 Å². The summed E-state index contributed by atoms with van der Waals surface area (Å²) >= 11 is 0. The summed E-state index contributed by atoms with van der Waals surface area (Å²) in [6.07, 6.45) is 1.91. The third-order valence-corrected chi connectivity index (χ3v) is 3.56. The Hall–Kier alpha value is -2.23. The molecule has 0 fully saturated rings. The Labute approximate surface area is 183 Å². The number of methoxy groups -OCH3 is 1. The average Bonchev–Trinajstić information content (AvgIpc) is 2.68. The van der Waals surface area contributed by atoms with Crippen molar-refractivity contribution in [3.05, 3.63) is 48.2 Å². The Morgan fingerprint density at radius 3 is 2.36 bits per heavy atom. The first-order valence-electron chi connectivity index (χ1n) is 8.93. The molecule has 1 aromatic heterocycles. The minimum absolute atomic E-state index is 0. The molecule has 0 aliphatic rings. The van der Waals surface area contributed by atoms with Crippen LogP contribution in [0, 0.1) is 0 Å². The summed E-state index contributed by atoms with van der Waals surface area (Å²) in [4.78, 5) is 8.50. The number of aromatic nitrogens is 1. The second-order valence-corrected chi connectivity index (χ2v) is 6.05. The predicted molar refractivity (Wildman–Crippen MR) is 122 cm³/mol. The number of aliphatic imine (C=N–C) groups is 1. The molecule has 0 aliphatic carbocycles. The second-order valence-electron chi connectivity index (χ2n) is 6.05. The number of hydrogen-bond acceptors (Lipinski definition) is 5. The Kier molecular flexibility index (Phi) is 11.1.